The van der Waals surface area contributed by atoms with Gasteiger partial charge >= 0.3 is 0 Å². The molecule has 0 aliphatic carbocycles. The van der Waals surface area contributed by atoms with E-state index in [1.165, 1.54) is 0 Å². The van der Waals surface area contributed by atoms with Gasteiger partial charge in [-0.3, -0.25) is 0 Å². The zero-order chi connectivity index (χ0) is 11.3. The summed E-state index contributed by atoms with van der Waals surface area (Å²) in [6, 6.07) is 0. The van der Waals surface area contributed by atoms with Gasteiger partial charge in [-0.15, -0.1) is 0 Å². The van der Waals surface area contributed by atoms with Crippen molar-refractivity contribution in [1.29, 1.82) is 0 Å². The minimum absolute atomic E-state index is 0.178. The topological polar surface area (TPSA) is 50.7 Å². The van der Waals surface area contributed by atoms with Crippen LogP contribution in [-0.4, -0.2) is 50.2 Å². The van der Waals surface area contributed by atoms with E-state index in [2.05, 4.69) is 12.2 Å². The van der Waals surface area contributed by atoms with Crippen molar-refractivity contribution < 1.29 is 14.6 Å². The fourth-order valence-electron chi connectivity index (χ4n) is 1.46. The van der Waals surface area contributed by atoms with Crippen molar-refractivity contribution in [3.05, 3.63) is 0 Å². The van der Waals surface area contributed by atoms with Crippen LogP contribution in [0.1, 0.15) is 20.8 Å². The minimum Gasteiger partial charge on any atom is -0.389 e. The zero-order valence-electron chi connectivity index (χ0n) is 9.95. The van der Waals surface area contributed by atoms with Crippen LogP contribution in [-0.2, 0) is 9.47 Å². The molecule has 4 heteroatoms. The van der Waals surface area contributed by atoms with Crippen LogP contribution >= 0.6 is 0 Å². The molecule has 1 saturated heterocycles. The first-order valence-corrected chi connectivity index (χ1v) is 5.60. The maximum absolute atomic E-state index is 9.57. The third-order valence-electron chi connectivity index (χ3n) is 2.45. The Bertz CT molecular complexity index is 181. The van der Waals surface area contributed by atoms with E-state index >= 15 is 0 Å². The lowest BCUT2D eigenvalue weighted by Gasteiger charge is -2.38. The molecule has 4 nitrogen and oxygen atoms in total. The highest BCUT2D eigenvalue weighted by atomic mass is 16.5. The first kappa shape index (κ1) is 12.9. The van der Waals surface area contributed by atoms with Crippen molar-refractivity contribution in [1.82, 2.24) is 5.32 Å². The second-order valence-electron chi connectivity index (χ2n) is 4.97. The van der Waals surface area contributed by atoms with E-state index < -0.39 is 6.10 Å². The molecule has 0 aromatic carbocycles. The first-order valence-electron chi connectivity index (χ1n) is 5.60. The molecule has 0 amide bonds. The van der Waals surface area contributed by atoms with Gasteiger partial charge in [-0.05, 0) is 13.8 Å². The Morgan fingerprint density at radius 3 is 2.60 bits per heavy atom. The van der Waals surface area contributed by atoms with Gasteiger partial charge in [0.25, 0.3) is 0 Å². The number of rotatable bonds is 7. The van der Waals surface area contributed by atoms with Crippen molar-refractivity contribution >= 4 is 0 Å². The summed E-state index contributed by atoms with van der Waals surface area (Å²) in [5.41, 5.74) is 0.263. The molecule has 0 aromatic rings. The summed E-state index contributed by atoms with van der Waals surface area (Å²) in [4.78, 5) is 0. The van der Waals surface area contributed by atoms with Crippen LogP contribution in [0.2, 0.25) is 0 Å². The lowest BCUT2D eigenvalue weighted by molar-refractivity contribution is -0.100. The third-order valence-corrected chi connectivity index (χ3v) is 2.45. The second-order valence-corrected chi connectivity index (χ2v) is 4.97. The smallest absolute Gasteiger partial charge is 0.0897 e. The molecule has 0 aromatic heterocycles. The number of aliphatic hydroxyl groups excluding tert-OH is 1. The zero-order valence-corrected chi connectivity index (χ0v) is 9.95. The van der Waals surface area contributed by atoms with Crippen molar-refractivity contribution in [3.8, 4) is 0 Å². The molecule has 0 radical (unpaired) electrons. The Kier molecular flexibility index (Phi) is 4.99. The largest absolute Gasteiger partial charge is 0.389 e. The third kappa shape index (κ3) is 4.93. The lowest BCUT2D eigenvalue weighted by atomic mass is 9.89. The molecule has 1 aliphatic rings. The highest BCUT2D eigenvalue weighted by Gasteiger charge is 2.32. The summed E-state index contributed by atoms with van der Waals surface area (Å²) in [6.45, 7) is 9.63. The fraction of sp³-hybridized carbons (Fsp3) is 1.00. The van der Waals surface area contributed by atoms with Gasteiger partial charge in [-0.1, -0.05) is 6.92 Å². The van der Waals surface area contributed by atoms with E-state index in [4.69, 9.17) is 9.47 Å². The Balaban J connectivity index is 1.99. The Morgan fingerprint density at radius 1 is 1.47 bits per heavy atom. The predicted octanol–water partition coefficient (Wildman–Crippen LogP) is 0.398. The molecule has 0 spiro atoms. The molecule has 1 atom stereocenters. The molecule has 0 saturated carbocycles. The maximum Gasteiger partial charge on any atom is 0.0897 e. The summed E-state index contributed by atoms with van der Waals surface area (Å²) < 4.78 is 10.5. The van der Waals surface area contributed by atoms with Gasteiger partial charge < -0.3 is 19.9 Å². The predicted molar refractivity (Wildman–Crippen MR) is 58.9 cm³/mol. The summed E-state index contributed by atoms with van der Waals surface area (Å²) in [5.74, 6) is 0. The standard InChI is InChI=1S/C11H23NO3/c1-9(2)15-5-10(13)4-12-6-11(3)7-14-8-11/h9-10,12-13H,4-8H2,1-3H3. The fourth-order valence-corrected chi connectivity index (χ4v) is 1.46. The molecule has 1 heterocycles. The van der Waals surface area contributed by atoms with Gasteiger partial charge in [0, 0.05) is 18.5 Å². The Hall–Kier alpha value is -0.160. The normalized spacial score (nSPS) is 21.4. The molecule has 1 rings (SSSR count). The van der Waals surface area contributed by atoms with E-state index in [-0.39, 0.29) is 11.5 Å². The van der Waals surface area contributed by atoms with Gasteiger partial charge in [0.1, 0.15) is 0 Å². The maximum atomic E-state index is 9.57. The van der Waals surface area contributed by atoms with Gasteiger partial charge in [-0.2, -0.15) is 0 Å². The average molecular weight is 217 g/mol. The Labute approximate surface area is 92.0 Å². The van der Waals surface area contributed by atoms with Crippen molar-refractivity contribution in [2.24, 2.45) is 5.41 Å². The van der Waals surface area contributed by atoms with Gasteiger partial charge in [0.15, 0.2) is 0 Å². The summed E-state index contributed by atoms with van der Waals surface area (Å²) in [6.07, 6.45) is -0.241. The number of hydrogen-bond donors (Lipinski definition) is 2. The van der Waals surface area contributed by atoms with E-state index in [9.17, 15) is 5.11 Å². The Morgan fingerprint density at radius 2 is 2.13 bits per heavy atom. The monoisotopic (exact) mass is 217 g/mol. The summed E-state index contributed by atoms with van der Waals surface area (Å²) >= 11 is 0. The SMILES string of the molecule is CC(C)OCC(O)CNCC1(C)COC1. The van der Waals surface area contributed by atoms with Crippen LogP contribution in [0.15, 0.2) is 0 Å². The minimum atomic E-state index is -0.419. The highest BCUT2D eigenvalue weighted by Crippen LogP contribution is 2.24. The van der Waals surface area contributed by atoms with Crippen LogP contribution in [0.25, 0.3) is 0 Å². The van der Waals surface area contributed by atoms with Crippen LogP contribution in [0, 0.1) is 5.41 Å². The van der Waals surface area contributed by atoms with Crippen molar-refractivity contribution in [3.63, 3.8) is 0 Å². The van der Waals surface area contributed by atoms with Crippen molar-refractivity contribution in [2.75, 3.05) is 32.9 Å². The number of nitrogens with one attached hydrogen (secondary N) is 1. The summed E-state index contributed by atoms with van der Waals surface area (Å²) in [5, 5.41) is 12.8. The van der Waals surface area contributed by atoms with Crippen LogP contribution in [0.4, 0.5) is 0 Å². The van der Waals surface area contributed by atoms with Gasteiger partial charge in [0.05, 0.1) is 32.0 Å². The second kappa shape index (κ2) is 5.80. The molecular weight excluding hydrogens is 194 g/mol. The lowest BCUT2D eigenvalue weighted by Crippen LogP contribution is -2.48. The molecule has 1 unspecified atom stereocenters. The molecule has 1 aliphatic heterocycles. The first-order chi connectivity index (χ1) is 7.02. The van der Waals surface area contributed by atoms with E-state index in [1.807, 2.05) is 13.8 Å². The van der Waals surface area contributed by atoms with Crippen LogP contribution < -0.4 is 5.32 Å². The van der Waals surface area contributed by atoms with E-state index in [1.54, 1.807) is 0 Å². The number of hydrogen-bond acceptors (Lipinski definition) is 4. The van der Waals surface area contributed by atoms with Crippen LogP contribution in [0.5, 0.6) is 0 Å². The highest BCUT2D eigenvalue weighted by molar-refractivity contribution is 4.83. The van der Waals surface area contributed by atoms with Gasteiger partial charge in [0.2, 0.25) is 0 Å². The van der Waals surface area contributed by atoms with E-state index in [0.29, 0.717) is 13.2 Å². The van der Waals surface area contributed by atoms with E-state index in [0.717, 1.165) is 19.8 Å². The number of ether oxygens (including phenoxy) is 2. The quantitative estimate of drug-likeness (QED) is 0.648. The molecule has 1 fully saturated rings. The number of aliphatic hydroxyl groups is 1. The van der Waals surface area contributed by atoms with Gasteiger partial charge in [-0.25, -0.2) is 0 Å². The molecule has 90 valence electrons. The van der Waals surface area contributed by atoms with Crippen LogP contribution in [0.3, 0.4) is 0 Å². The summed E-state index contributed by atoms with van der Waals surface area (Å²) in [7, 11) is 0. The molecular formula is C11H23NO3. The molecule has 15 heavy (non-hydrogen) atoms. The molecule has 0 bridgehead atoms. The average Bonchev–Trinajstić information content (AvgIpc) is 2.12. The molecule has 2 N–H and O–H groups in total. The van der Waals surface area contributed by atoms with Crippen molar-refractivity contribution in [2.45, 2.75) is 33.0 Å².